The maximum absolute atomic E-state index is 11.0. The SMILES string of the molecule is Cc1ccc(-c2nnnn2C(C)C(=O)O)c(Cl)c1. The molecule has 1 unspecified atom stereocenters. The van der Waals surface area contributed by atoms with Crippen LogP contribution in [0.3, 0.4) is 0 Å². The Hall–Kier alpha value is -1.95. The summed E-state index contributed by atoms with van der Waals surface area (Å²) < 4.78 is 1.24. The number of aliphatic carboxylic acids is 1. The third-order valence-corrected chi connectivity index (χ3v) is 2.90. The van der Waals surface area contributed by atoms with Gasteiger partial charge in [-0.3, -0.25) is 0 Å². The second-order valence-electron chi connectivity index (χ2n) is 3.94. The van der Waals surface area contributed by atoms with Gasteiger partial charge in [0, 0.05) is 5.56 Å². The number of rotatable bonds is 3. The Bertz CT molecular complexity index is 596. The summed E-state index contributed by atoms with van der Waals surface area (Å²) >= 11 is 6.12. The number of benzene rings is 1. The summed E-state index contributed by atoms with van der Waals surface area (Å²) in [4.78, 5) is 11.0. The van der Waals surface area contributed by atoms with Crippen LogP contribution in [-0.4, -0.2) is 31.3 Å². The molecule has 6 nitrogen and oxygen atoms in total. The first kappa shape index (κ1) is 12.5. The molecule has 0 fully saturated rings. The number of carboxylic acid groups (broad SMARTS) is 1. The van der Waals surface area contributed by atoms with Gasteiger partial charge in [0.2, 0.25) is 0 Å². The van der Waals surface area contributed by atoms with Crippen molar-refractivity contribution in [3.05, 3.63) is 28.8 Å². The predicted molar refractivity (Wildman–Crippen MR) is 65.3 cm³/mol. The van der Waals surface area contributed by atoms with E-state index in [9.17, 15) is 4.79 Å². The highest BCUT2D eigenvalue weighted by atomic mass is 35.5. The molecule has 1 N–H and O–H groups in total. The van der Waals surface area contributed by atoms with Gasteiger partial charge in [0.25, 0.3) is 0 Å². The molecule has 1 atom stereocenters. The van der Waals surface area contributed by atoms with Gasteiger partial charge in [0.15, 0.2) is 11.9 Å². The van der Waals surface area contributed by atoms with Crippen molar-refractivity contribution in [2.24, 2.45) is 0 Å². The molecule has 0 spiro atoms. The van der Waals surface area contributed by atoms with E-state index in [2.05, 4.69) is 15.5 Å². The van der Waals surface area contributed by atoms with Crippen LogP contribution < -0.4 is 0 Å². The van der Waals surface area contributed by atoms with E-state index in [1.807, 2.05) is 13.0 Å². The molecule has 7 heteroatoms. The molecule has 2 rings (SSSR count). The van der Waals surface area contributed by atoms with E-state index in [-0.39, 0.29) is 0 Å². The van der Waals surface area contributed by atoms with Gasteiger partial charge >= 0.3 is 5.97 Å². The van der Waals surface area contributed by atoms with Crippen LogP contribution in [0, 0.1) is 6.92 Å². The first-order chi connectivity index (χ1) is 8.50. The minimum absolute atomic E-state index is 0.343. The standard InChI is InChI=1S/C11H11ClN4O2/c1-6-3-4-8(9(12)5-6)10-13-14-15-16(10)7(2)11(17)18/h3-5,7H,1-2H3,(H,17,18). The number of hydrogen-bond donors (Lipinski definition) is 1. The topological polar surface area (TPSA) is 80.9 Å². The number of carbonyl (C=O) groups is 1. The van der Waals surface area contributed by atoms with Crippen molar-refractivity contribution in [3.63, 3.8) is 0 Å². The average Bonchev–Trinajstić information content (AvgIpc) is 2.76. The number of halogens is 1. The molecule has 94 valence electrons. The van der Waals surface area contributed by atoms with E-state index in [1.54, 1.807) is 12.1 Å². The zero-order valence-electron chi connectivity index (χ0n) is 9.83. The summed E-state index contributed by atoms with van der Waals surface area (Å²) in [5, 5.41) is 20.5. The monoisotopic (exact) mass is 266 g/mol. The van der Waals surface area contributed by atoms with Gasteiger partial charge in [-0.25, -0.2) is 9.48 Å². The van der Waals surface area contributed by atoms with Crippen LogP contribution in [0.15, 0.2) is 18.2 Å². The molecule has 0 aliphatic rings. The normalized spacial score (nSPS) is 12.4. The lowest BCUT2D eigenvalue weighted by atomic mass is 10.1. The second-order valence-corrected chi connectivity index (χ2v) is 4.35. The van der Waals surface area contributed by atoms with Gasteiger partial charge in [0.1, 0.15) is 0 Å². The summed E-state index contributed by atoms with van der Waals surface area (Å²) in [7, 11) is 0. The molecular weight excluding hydrogens is 256 g/mol. The summed E-state index contributed by atoms with van der Waals surface area (Å²) in [6.45, 7) is 3.42. The first-order valence-corrected chi connectivity index (χ1v) is 5.65. The summed E-state index contributed by atoms with van der Waals surface area (Å²) in [6.07, 6.45) is 0. The van der Waals surface area contributed by atoms with Crippen molar-refractivity contribution in [1.29, 1.82) is 0 Å². The zero-order chi connectivity index (χ0) is 13.3. The fraction of sp³-hybridized carbons (Fsp3) is 0.273. The molecule has 0 saturated carbocycles. The minimum atomic E-state index is -1.01. The van der Waals surface area contributed by atoms with Crippen molar-refractivity contribution < 1.29 is 9.90 Å². The summed E-state index contributed by atoms with van der Waals surface area (Å²) in [5.74, 6) is -0.665. The van der Waals surface area contributed by atoms with Crippen LogP contribution in [0.2, 0.25) is 5.02 Å². The number of tetrazole rings is 1. The summed E-state index contributed by atoms with van der Waals surface area (Å²) in [5.41, 5.74) is 1.62. The molecule has 0 aliphatic heterocycles. The molecule has 0 radical (unpaired) electrons. The molecule has 0 bridgehead atoms. The number of aryl methyl sites for hydroxylation is 1. The predicted octanol–water partition coefficient (Wildman–Crippen LogP) is 1.95. The third kappa shape index (κ3) is 2.19. The van der Waals surface area contributed by atoms with E-state index in [1.165, 1.54) is 11.6 Å². The lowest BCUT2D eigenvalue weighted by Gasteiger charge is -2.09. The van der Waals surface area contributed by atoms with E-state index < -0.39 is 12.0 Å². The zero-order valence-corrected chi connectivity index (χ0v) is 10.6. The highest BCUT2D eigenvalue weighted by molar-refractivity contribution is 6.33. The number of hydrogen-bond acceptors (Lipinski definition) is 4. The van der Waals surface area contributed by atoms with E-state index in [0.29, 0.717) is 16.4 Å². The van der Waals surface area contributed by atoms with Crippen molar-refractivity contribution in [3.8, 4) is 11.4 Å². The van der Waals surface area contributed by atoms with E-state index in [0.717, 1.165) is 5.56 Å². The first-order valence-electron chi connectivity index (χ1n) is 5.28. The molecule has 0 amide bonds. The Morgan fingerprint density at radius 3 is 2.83 bits per heavy atom. The molecule has 0 aliphatic carbocycles. The van der Waals surface area contributed by atoms with Crippen molar-refractivity contribution in [2.45, 2.75) is 19.9 Å². The molecule has 1 aromatic carbocycles. The van der Waals surface area contributed by atoms with Crippen molar-refractivity contribution >= 4 is 17.6 Å². The van der Waals surface area contributed by atoms with Gasteiger partial charge in [-0.1, -0.05) is 17.7 Å². The van der Waals surface area contributed by atoms with Crippen LogP contribution in [0.4, 0.5) is 0 Å². The number of carboxylic acids is 1. The van der Waals surface area contributed by atoms with Gasteiger partial charge in [0.05, 0.1) is 5.02 Å². The fourth-order valence-corrected chi connectivity index (χ4v) is 1.86. The quantitative estimate of drug-likeness (QED) is 0.918. The lowest BCUT2D eigenvalue weighted by Crippen LogP contribution is -2.18. The Labute approximate surface area is 108 Å². The molecule has 18 heavy (non-hydrogen) atoms. The Morgan fingerprint density at radius 2 is 2.22 bits per heavy atom. The molecular formula is C11H11ClN4O2. The van der Waals surface area contributed by atoms with Crippen molar-refractivity contribution in [1.82, 2.24) is 20.2 Å². The summed E-state index contributed by atoms with van der Waals surface area (Å²) in [6, 6.07) is 4.56. The van der Waals surface area contributed by atoms with Gasteiger partial charge in [-0.05, 0) is 42.0 Å². The molecule has 0 saturated heterocycles. The lowest BCUT2D eigenvalue weighted by molar-refractivity contribution is -0.140. The van der Waals surface area contributed by atoms with Crippen LogP contribution in [-0.2, 0) is 4.79 Å². The van der Waals surface area contributed by atoms with E-state index in [4.69, 9.17) is 16.7 Å². The Kier molecular flexibility index (Phi) is 3.29. The second kappa shape index (κ2) is 4.73. The smallest absolute Gasteiger partial charge is 0.328 e. The maximum atomic E-state index is 11.0. The van der Waals surface area contributed by atoms with Gasteiger partial charge in [-0.2, -0.15) is 0 Å². The minimum Gasteiger partial charge on any atom is -0.480 e. The van der Waals surface area contributed by atoms with E-state index >= 15 is 0 Å². The molecule has 1 heterocycles. The van der Waals surface area contributed by atoms with Crippen LogP contribution in [0.5, 0.6) is 0 Å². The van der Waals surface area contributed by atoms with Crippen LogP contribution in [0.1, 0.15) is 18.5 Å². The largest absolute Gasteiger partial charge is 0.480 e. The van der Waals surface area contributed by atoms with Gasteiger partial charge < -0.3 is 5.11 Å². The highest BCUT2D eigenvalue weighted by Crippen LogP contribution is 2.27. The average molecular weight is 267 g/mol. The number of aromatic nitrogens is 4. The van der Waals surface area contributed by atoms with Gasteiger partial charge in [-0.15, -0.1) is 5.10 Å². The fourth-order valence-electron chi connectivity index (χ4n) is 1.54. The molecule has 1 aromatic heterocycles. The van der Waals surface area contributed by atoms with Crippen LogP contribution in [0.25, 0.3) is 11.4 Å². The molecule has 2 aromatic rings. The van der Waals surface area contributed by atoms with Crippen LogP contribution >= 0.6 is 11.6 Å². The maximum Gasteiger partial charge on any atom is 0.328 e. The Morgan fingerprint density at radius 1 is 1.50 bits per heavy atom. The van der Waals surface area contributed by atoms with Crippen molar-refractivity contribution in [2.75, 3.05) is 0 Å². The Balaban J connectivity index is 2.52. The number of nitrogens with zero attached hydrogens (tertiary/aromatic N) is 4. The third-order valence-electron chi connectivity index (χ3n) is 2.58. The highest BCUT2D eigenvalue weighted by Gasteiger charge is 2.21.